The number of benzene rings is 2. The van der Waals surface area contributed by atoms with E-state index in [1.807, 2.05) is 36.4 Å². The second kappa shape index (κ2) is 9.83. The molecule has 26 heavy (non-hydrogen) atoms. The van der Waals surface area contributed by atoms with Gasteiger partial charge >= 0.3 is 0 Å². The lowest BCUT2D eigenvalue weighted by atomic mass is 9.86. The molecule has 0 radical (unpaired) electrons. The Labute approximate surface area is 156 Å². The highest BCUT2D eigenvalue weighted by atomic mass is 16.5. The van der Waals surface area contributed by atoms with Gasteiger partial charge in [0, 0.05) is 13.1 Å². The van der Waals surface area contributed by atoms with Crippen LogP contribution >= 0.6 is 0 Å². The number of ether oxygens (including phenoxy) is 1. The summed E-state index contributed by atoms with van der Waals surface area (Å²) < 4.78 is 5.44. The van der Waals surface area contributed by atoms with Gasteiger partial charge in [-0.1, -0.05) is 60.7 Å². The largest absolute Gasteiger partial charge is 0.391 e. The molecule has 1 fully saturated rings. The van der Waals surface area contributed by atoms with Gasteiger partial charge in [-0.2, -0.15) is 0 Å². The summed E-state index contributed by atoms with van der Waals surface area (Å²) in [5.74, 6) is 0.295. The molecule has 0 aromatic heterocycles. The normalized spacial score (nSPS) is 19.0. The molecule has 1 aliphatic rings. The monoisotopic (exact) mass is 354 g/mol. The summed E-state index contributed by atoms with van der Waals surface area (Å²) in [6.45, 7) is 4.65. The van der Waals surface area contributed by atoms with Crippen LogP contribution in [0.2, 0.25) is 0 Å². The van der Waals surface area contributed by atoms with Gasteiger partial charge in [0.25, 0.3) is 0 Å². The molecule has 0 saturated carbocycles. The number of hydrogen-bond acceptors (Lipinski definition) is 4. The average molecular weight is 354 g/mol. The molecule has 0 aliphatic carbocycles. The summed E-state index contributed by atoms with van der Waals surface area (Å²) in [7, 11) is 0. The molecule has 140 valence electrons. The van der Waals surface area contributed by atoms with Crippen molar-refractivity contribution < 1.29 is 9.84 Å². The summed E-state index contributed by atoms with van der Waals surface area (Å²) in [6.07, 6.45) is 1.12. The Morgan fingerprint density at radius 1 is 0.923 bits per heavy atom. The zero-order valence-corrected chi connectivity index (χ0v) is 15.3. The molecule has 0 amide bonds. The number of hydrogen-bond donors (Lipinski definition) is 2. The fraction of sp³-hybridized carbons (Fsp3) is 0.455. The summed E-state index contributed by atoms with van der Waals surface area (Å²) in [4.78, 5) is 2.45. The van der Waals surface area contributed by atoms with Crippen LogP contribution in [0.25, 0.3) is 0 Å². The van der Waals surface area contributed by atoms with Crippen molar-refractivity contribution in [2.45, 2.75) is 30.9 Å². The van der Waals surface area contributed by atoms with Crippen molar-refractivity contribution in [1.82, 2.24) is 4.90 Å². The quantitative estimate of drug-likeness (QED) is 0.765. The van der Waals surface area contributed by atoms with E-state index in [0.717, 1.165) is 44.8 Å². The second-order valence-corrected chi connectivity index (χ2v) is 7.09. The predicted molar refractivity (Wildman–Crippen MR) is 105 cm³/mol. The highest BCUT2D eigenvalue weighted by molar-refractivity contribution is 5.22. The van der Waals surface area contributed by atoms with Crippen LogP contribution in [0.3, 0.4) is 0 Å². The highest BCUT2D eigenvalue weighted by Gasteiger charge is 2.23. The van der Waals surface area contributed by atoms with Gasteiger partial charge in [0.15, 0.2) is 0 Å². The van der Waals surface area contributed by atoms with Crippen LogP contribution in [0.15, 0.2) is 60.7 Å². The molecule has 2 aromatic rings. The summed E-state index contributed by atoms with van der Waals surface area (Å²) >= 11 is 0. The molecule has 1 aliphatic heterocycles. The minimum absolute atomic E-state index is 0.295. The smallest absolute Gasteiger partial charge is 0.0738 e. The lowest BCUT2D eigenvalue weighted by Gasteiger charge is -2.30. The number of rotatable bonds is 8. The summed E-state index contributed by atoms with van der Waals surface area (Å²) in [5.41, 5.74) is 8.59. The van der Waals surface area contributed by atoms with Crippen molar-refractivity contribution in [3.05, 3.63) is 71.8 Å². The molecule has 1 heterocycles. The van der Waals surface area contributed by atoms with Crippen LogP contribution in [0.1, 0.15) is 35.9 Å². The molecule has 0 spiro atoms. The molecular formula is C22H30N2O2. The van der Waals surface area contributed by atoms with Crippen molar-refractivity contribution >= 4 is 0 Å². The maximum Gasteiger partial charge on any atom is 0.0738 e. The van der Waals surface area contributed by atoms with E-state index >= 15 is 0 Å². The lowest BCUT2D eigenvalue weighted by Crippen LogP contribution is -2.37. The standard InChI is InChI=1S/C22H30N2O2/c23-22(19-9-5-2-6-10-19)21(25)17-20(18-7-3-1-4-8-18)11-12-24-13-15-26-16-14-24/h1-10,20-22,25H,11-17,23H2/t20-,21-,22+/m1/s1. The van der Waals surface area contributed by atoms with Gasteiger partial charge in [0.2, 0.25) is 0 Å². The molecule has 3 N–H and O–H groups in total. The SMILES string of the molecule is N[C@@H](c1ccccc1)[C@H](O)C[C@@H](CCN1CCOCC1)c1ccccc1. The van der Waals surface area contributed by atoms with Crippen molar-refractivity contribution in [1.29, 1.82) is 0 Å². The molecule has 3 atom stereocenters. The Kier molecular flexibility index (Phi) is 7.21. The fourth-order valence-corrected chi connectivity index (χ4v) is 3.64. The number of nitrogens with zero attached hydrogens (tertiary/aromatic N) is 1. The Balaban J connectivity index is 1.64. The minimum Gasteiger partial charge on any atom is -0.391 e. The van der Waals surface area contributed by atoms with Gasteiger partial charge in [-0.05, 0) is 36.4 Å². The van der Waals surface area contributed by atoms with E-state index in [1.165, 1.54) is 5.56 Å². The zero-order chi connectivity index (χ0) is 18.2. The number of aliphatic hydroxyl groups excluding tert-OH is 1. The highest BCUT2D eigenvalue weighted by Crippen LogP contribution is 2.29. The van der Waals surface area contributed by atoms with E-state index in [1.54, 1.807) is 0 Å². The van der Waals surface area contributed by atoms with Crippen molar-refractivity contribution in [2.75, 3.05) is 32.8 Å². The number of morpholine rings is 1. The molecule has 2 aromatic carbocycles. The Morgan fingerprint density at radius 3 is 2.12 bits per heavy atom. The van der Waals surface area contributed by atoms with Crippen molar-refractivity contribution in [3.8, 4) is 0 Å². The molecule has 4 nitrogen and oxygen atoms in total. The first kappa shape index (κ1) is 19.1. The van der Waals surface area contributed by atoms with Crippen LogP contribution in [0, 0.1) is 0 Å². The average Bonchev–Trinajstić information content (AvgIpc) is 2.72. The van der Waals surface area contributed by atoms with E-state index in [9.17, 15) is 5.11 Å². The van der Waals surface area contributed by atoms with E-state index in [0.29, 0.717) is 12.3 Å². The third-order valence-corrected chi connectivity index (χ3v) is 5.29. The Hall–Kier alpha value is -1.72. The zero-order valence-electron chi connectivity index (χ0n) is 15.3. The number of nitrogens with two attached hydrogens (primary N) is 1. The number of aliphatic hydroxyl groups is 1. The Morgan fingerprint density at radius 2 is 1.50 bits per heavy atom. The van der Waals surface area contributed by atoms with E-state index in [-0.39, 0.29) is 6.04 Å². The van der Waals surface area contributed by atoms with Crippen LogP contribution in [0.4, 0.5) is 0 Å². The van der Waals surface area contributed by atoms with Gasteiger partial charge in [-0.15, -0.1) is 0 Å². The Bertz CT molecular complexity index is 629. The molecule has 3 rings (SSSR count). The fourth-order valence-electron chi connectivity index (χ4n) is 3.64. The van der Waals surface area contributed by atoms with Gasteiger partial charge in [0.05, 0.1) is 25.4 Å². The van der Waals surface area contributed by atoms with Crippen molar-refractivity contribution in [2.24, 2.45) is 5.73 Å². The first-order chi connectivity index (χ1) is 12.7. The molecule has 4 heteroatoms. The summed E-state index contributed by atoms with van der Waals surface area (Å²) in [6, 6.07) is 20.0. The minimum atomic E-state index is -0.563. The molecule has 0 unspecified atom stereocenters. The van der Waals surface area contributed by atoms with Crippen LogP contribution in [-0.4, -0.2) is 49.0 Å². The van der Waals surface area contributed by atoms with E-state index < -0.39 is 6.10 Å². The van der Waals surface area contributed by atoms with Crippen molar-refractivity contribution in [3.63, 3.8) is 0 Å². The van der Waals surface area contributed by atoms with E-state index in [2.05, 4.69) is 29.2 Å². The molecule has 0 bridgehead atoms. The maximum absolute atomic E-state index is 10.8. The predicted octanol–water partition coefficient (Wildman–Crippen LogP) is 2.94. The van der Waals surface area contributed by atoms with Crippen LogP contribution < -0.4 is 5.73 Å². The van der Waals surface area contributed by atoms with E-state index in [4.69, 9.17) is 10.5 Å². The first-order valence-electron chi connectivity index (χ1n) is 9.57. The third-order valence-electron chi connectivity index (χ3n) is 5.29. The van der Waals surface area contributed by atoms with Gasteiger partial charge < -0.3 is 15.6 Å². The lowest BCUT2D eigenvalue weighted by molar-refractivity contribution is 0.0353. The third kappa shape index (κ3) is 5.39. The summed E-state index contributed by atoms with van der Waals surface area (Å²) in [5, 5.41) is 10.8. The topological polar surface area (TPSA) is 58.7 Å². The van der Waals surface area contributed by atoms with Crippen LogP contribution in [-0.2, 0) is 4.74 Å². The molecular weight excluding hydrogens is 324 g/mol. The van der Waals surface area contributed by atoms with Gasteiger partial charge in [0.1, 0.15) is 0 Å². The first-order valence-corrected chi connectivity index (χ1v) is 9.57. The maximum atomic E-state index is 10.8. The second-order valence-electron chi connectivity index (χ2n) is 7.09. The van der Waals surface area contributed by atoms with Gasteiger partial charge in [-0.3, -0.25) is 4.90 Å². The van der Waals surface area contributed by atoms with Crippen LogP contribution in [0.5, 0.6) is 0 Å². The molecule has 1 saturated heterocycles. The van der Waals surface area contributed by atoms with Gasteiger partial charge in [-0.25, -0.2) is 0 Å².